The van der Waals surface area contributed by atoms with E-state index in [0.717, 1.165) is 57.1 Å². The standard InChI is InChI=1S/C52H51BrF2N6/c1-29-34-9-6-12-37-42(23-59(50(34)37)26-47(29)56-4)40-19-32(15-17-45(40)54)21-57-48-27-60-24-43(38-13-7-10-35(30(48)2)51(38)60)41-20-33(16-18-46(41)55)22-58(5)49-28-61-25-44(53)39-14-8-11-36(31(49)3)52(39)61/h6-20,23-25,29-31,47-49,56-57H,21-22,26-28H2,1-5H3/t29?,30?,31?,47?,48-,49+/m1/s1. The van der Waals surface area contributed by atoms with Gasteiger partial charge < -0.3 is 24.3 Å². The molecule has 0 fully saturated rings. The zero-order chi connectivity index (χ0) is 41.8. The summed E-state index contributed by atoms with van der Waals surface area (Å²) in [5.41, 5.74) is 12.9. The van der Waals surface area contributed by atoms with Crippen LogP contribution in [0.25, 0.3) is 55.0 Å². The summed E-state index contributed by atoms with van der Waals surface area (Å²) in [7, 11) is 4.22. The van der Waals surface area contributed by atoms with Gasteiger partial charge >= 0.3 is 0 Å². The van der Waals surface area contributed by atoms with E-state index in [-0.39, 0.29) is 23.6 Å². The van der Waals surface area contributed by atoms with E-state index in [1.54, 1.807) is 12.1 Å². The van der Waals surface area contributed by atoms with Crippen LogP contribution in [0.15, 0.2) is 114 Å². The Morgan fingerprint density at radius 1 is 0.607 bits per heavy atom. The highest BCUT2D eigenvalue weighted by molar-refractivity contribution is 9.10. The number of hydrogen-bond acceptors (Lipinski definition) is 3. The second-order valence-electron chi connectivity index (χ2n) is 18.1. The van der Waals surface area contributed by atoms with Crippen LogP contribution >= 0.6 is 15.9 Å². The second kappa shape index (κ2) is 14.8. The van der Waals surface area contributed by atoms with Crippen LogP contribution in [-0.4, -0.2) is 50.8 Å². The molecule has 0 amide bonds. The lowest BCUT2D eigenvalue weighted by Gasteiger charge is -2.37. The van der Waals surface area contributed by atoms with Gasteiger partial charge in [-0.25, -0.2) is 8.78 Å². The molecular formula is C52H51BrF2N6. The molecule has 9 heteroatoms. The number of halogens is 3. The Morgan fingerprint density at radius 2 is 1.11 bits per heavy atom. The molecule has 6 heterocycles. The van der Waals surface area contributed by atoms with E-state index in [9.17, 15) is 0 Å². The van der Waals surface area contributed by atoms with Crippen LogP contribution in [0.4, 0.5) is 8.78 Å². The molecule has 3 aliphatic heterocycles. The third kappa shape index (κ3) is 6.17. The molecule has 0 radical (unpaired) electrons. The van der Waals surface area contributed by atoms with Gasteiger partial charge in [0.15, 0.2) is 0 Å². The van der Waals surface area contributed by atoms with Crippen LogP contribution < -0.4 is 10.6 Å². The Balaban J connectivity index is 0.843. The maximum atomic E-state index is 16.0. The van der Waals surface area contributed by atoms with Crippen molar-refractivity contribution in [3.63, 3.8) is 0 Å². The zero-order valence-electron chi connectivity index (χ0n) is 35.3. The summed E-state index contributed by atoms with van der Waals surface area (Å²) < 4.78 is 39.9. The number of benzene rings is 5. The molecule has 6 atom stereocenters. The molecule has 310 valence electrons. The Bertz CT molecular complexity index is 3030. The number of nitrogens with zero attached hydrogens (tertiary/aromatic N) is 4. The van der Waals surface area contributed by atoms with Gasteiger partial charge in [0.1, 0.15) is 11.6 Å². The Kier molecular flexibility index (Phi) is 9.42. The summed E-state index contributed by atoms with van der Waals surface area (Å²) >= 11 is 3.78. The molecule has 2 N–H and O–H groups in total. The van der Waals surface area contributed by atoms with Crippen molar-refractivity contribution in [2.45, 2.75) is 89.4 Å². The SMILES string of the molecule is CNC1Cn2cc(-c3cc(CN[C@@H]4Cn5cc(-c6cc(CN(C)[C@H]7Cn8cc(Br)c9cccc(c98)C7C)ccc6F)c6cccc(c65)C4C)ccc3F)c3cccc(c32)C1C. The molecule has 6 nitrogen and oxygen atoms in total. The van der Waals surface area contributed by atoms with Crippen molar-refractivity contribution in [2.24, 2.45) is 0 Å². The topological polar surface area (TPSA) is 42.1 Å². The Morgan fingerprint density at radius 3 is 1.74 bits per heavy atom. The summed E-state index contributed by atoms with van der Waals surface area (Å²) in [6.45, 7) is 10.7. The number of aromatic nitrogens is 3. The van der Waals surface area contributed by atoms with Gasteiger partial charge in [-0.05, 0) is 82.1 Å². The van der Waals surface area contributed by atoms with Crippen molar-refractivity contribution in [3.05, 3.63) is 154 Å². The zero-order valence-corrected chi connectivity index (χ0v) is 36.9. The highest BCUT2D eigenvalue weighted by atomic mass is 79.9. The van der Waals surface area contributed by atoms with Gasteiger partial charge in [0, 0.05) is 130 Å². The predicted molar refractivity (Wildman–Crippen MR) is 248 cm³/mol. The van der Waals surface area contributed by atoms with E-state index in [1.807, 2.05) is 25.2 Å². The highest BCUT2D eigenvalue weighted by Gasteiger charge is 2.33. The third-order valence-electron chi connectivity index (χ3n) is 14.7. The van der Waals surface area contributed by atoms with Crippen LogP contribution in [0.1, 0.15) is 66.3 Å². The van der Waals surface area contributed by atoms with Crippen LogP contribution in [0.2, 0.25) is 0 Å². The summed E-state index contributed by atoms with van der Waals surface area (Å²) in [6.07, 6.45) is 6.51. The van der Waals surface area contributed by atoms with Crippen molar-refractivity contribution >= 4 is 48.6 Å². The summed E-state index contributed by atoms with van der Waals surface area (Å²) in [4.78, 5) is 2.43. The van der Waals surface area contributed by atoms with Crippen molar-refractivity contribution in [2.75, 3.05) is 14.1 Å². The van der Waals surface area contributed by atoms with Crippen LogP contribution in [-0.2, 0) is 32.7 Å². The van der Waals surface area contributed by atoms with E-state index in [4.69, 9.17) is 0 Å². The fourth-order valence-electron chi connectivity index (χ4n) is 11.4. The maximum Gasteiger partial charge on any atom is 0.131 e. The largest absolute Gasteiger partial charge is 0.345 e. The first-order chi connectivity index (χ1) is 29.6. The second-order valence-corrected chi connectivity index (χ2v) is 19.0. The first-order valence-electron chi connectivity index (χ1n) is 21.8. The van der Waals surface area contributed by atoms with E-state index in [0.29, 0.717) is 48.1 Å². The van der Waals surface area contributed by atoms with Crippen molar-refractivity contribution < 1.29 is 8.78 Å². The molecule has 4 unspecified atom stereocenters. The van der Waals surface area contributed by atoms with Gasteiger partial charge in [-0.1, -0.05) is 87.5 Å². The lowest BCUT2D eigenvalue weighted by Crippen LogP contribution is -2.41. The normalized spacial score (nSPS) is 22.0. The van der Waals surface area contributed by atoms with Gasteiger partial charge in [0.2, 0.25) is 0 Å². The van der Waals surface area contributed by atoms with Crippen molar-refractivity contribution in [3.8, 4) is 22.3 Å². The van der Waals surface area contributed by atoms with E-state index >= 15 is 8.78 Å². The maximum absolute atomic E-state index is 16.0. The van der Waals surface area contributed by atoms with E-state index in [2.05, 4.69) is 152 Å². The monoisotopic (exact) mass is 876 g/mol. The molecule has 3 aromatic heterocycles. The van der Waals surface area contributed by atoms with E-state index in [1.165, 1.54) is 38.6 Å². The minimum absolute atomic E-state index is 0.125. The number of para-hydroxylation sites is 3. The molecule has 0 aliphatic carbocycles. The third-order valence-corrected chi connectivity index (χ3v) is 15.4. The first-order valence-corrected chi connectivity index (χ1v) is 22.6. The van der Waals surface area contributed by atoms with Gasteiger partial charge in [-0.15, -0.1) is 0 Å². The lowest BCUT2D eigenvalue weighted by molar-refractivity contribution is 0.182. The minimum atomic E-state index is -0.207. The fourth-order valence-corrected chi connectivity index (χ4v) is 11.9. The number of rotatable bonds is 9. The summed E-state index contributed by atoms with van der Waals surface area (Å²) in [5, 5.41) is 10.8. The van der Waals surface area contributed by atoms with Crippen LogP contribution in [0.5, 0.6) is 0 Å². The molecule has 0 bridgehead atoms. The molecular weight excluding hydrogens is 827 g/mol. The average Bonchev–Trinajstić information content (AvgIpc) is 3.94. The lowest BCUT2D eigenvalue weighted by atomic mass is 9.88. The number of likely N-dealkylation sites (N-methyl/N-ethyl adjacent to an activating group) is 2. The quantitative estimate of drug-likeness (QED) is 0.152. The van der Waals surface area contributed by atoms with E-state index < -0.39 is 0 Å². The first kappa shape index (κ1) is 38.8. The van der Waals surface area contributed by atoms with Gasteiger partial charge in [-0.3, -0.25) is 4.90 Å². The Labute approximate surface area is 364 Å². The summed E-state index contributed by atoms with van der Waals surface area (Å²) in [6, 6.07) is 31.5. The van der Waals surface area contributed by atoms with Crippen LogP contribution in [0, 0.1) is 11.6 Å². The molecule has 0 saturated carbocycles. The molecule has 61 heavy (non-hydrogen) atoms. The van der Waals surface area contributed by atoms with Crippen molar-refractivity contribution in [1.82, 2.24) is 29.2 Å². The van der Waals surface area contributed by atoms with Crippen molar-refractivity contribution in [1.29, 1.82) is 0 Å². The minimum Gasteiger partial charge on any atom is -0.345 e. The molecule has 3 aliphatic rings. The molecule has 11 rings (SSSR count). The number of hydrogen-bond donors (Lipinski definition) is 2. The van der Waals surface area contributed by atoms with Gasteiger partial charge in [-0.2, -0.15) is 0 Å². The highest BCUT2D eigenvalue weighted by Crippen LogP contribution is 2.43. The van der Waals surface area contributed by atoms with Gasteiger partial charge in [0.05, 0.1) is 16.6 Å². The summed E-state index contributed by atoms with van der Waals surface area (Å²) in [5.74, 6) is 0.522. The number of nitrogens with one attached hydrogen (secondary N) is 2. The fraction of sp³-hybridized carbons (Fsp3) is 0.308. The molecule has 8 aromatic rings. The van der Waals surface area contributed by atoms with Crippen LogP contribution in [0.3, 0.4) is 0 Å². The molecule has 0 spiro atoms. The Hall–Kier alpha value is -5.06. The predicted octanol–water partition coefficient (Wildman–Crippen LogP) is 11.5. The smallest absolute Gasteiger partial charge is 0.131 e. The molecule has 5 aromatic carbocycles. The van der Waals surface area contributed by atoms with Gasteiger partial charge in [0.25, 0.3) is 0 Å². The average molecular weight is 878 g/mol. The molecule has 0 saturated heterocycles.